The van der Waals surface area contributed by atoms with Gasteiger partial charge in [0, 0.05) is 37.4 Å². The van der Waals surface area contributed by atoms with Crippen LogP contribution in [0.3, 0.4) is 0 Å². The van der Waals surface area contributed by atoms with E-state index in [2.05, 4.69) is 29.2 Å². The number of methoxy groups -OCH3 is 2. The fourth-order valence-corrected chi connectivity index (χ4v) is 4.55. The van der Waals surface area contributed by atoms with Crippen molar-refractivity contribution >= 4 is 23.0 Å². The Morgan fingerprint density at radius 3 is 2.66 bits per heavy atom. The molecule has 1 aliphatic rings. The Hall–Kier alpha value is -4.21. The zero-order valence-electron chi connectivity index (χ0n) is 22.2. The fraction of sp³-hybridized carbons (Fsp3) is 0.357. The first-order valence-electron chi connectivity index (χ1n) is 12.6. The first kappa shape index (κ1) is 25.4. The van der Waals surface area contributed by atoms with Gasteiger partial charge in [-0.15, -0.1) is 0 Å². The second-order valence-corrected chi connectivity index (χ2v) is 9.29. The maximum absolute atomic E-state index is 14.4. The number of aromatic nitrogens is 3. The van der Waals surface area contributed by atoms with Crippen molar-refractivity contribution in [3.8, 4) is 23.0 Å². The van der Waals surface area contributed by atoms with Crippen molar-refractivity contribution in [2.24, 2.45) is 0 Å². The number of hydrogen-bond donors (Lipinski definition) is 1. The summed E-state index contributed by atoms with van der Waals surface area (Å²) in [5.41, 5.74) is 3.26. The lowest BCUT2D eigenvalue weighted by Crippen LogP contribution is -2.20. The molecule has 1 N–H and O–H groups in total. The highest BCUT2D eigenvalue weighted by Gasteiger charge is 2.21. The molecule has 1 atom stereocenters. The van der Waals surface area contributed by atoms with Crippen molar-refractivity contribution in [2.75, 3.05) is 44.7 Å². The molecule has 5 rings (SSSR count). The number of rotatable bonds is 9. The molecule has 0 saturated heterocycles. The largest absolute Gasteiger partial charge is 0.493 e. The van der Waals surface area contributed by atoms with Gasteiger partial charge >= 0.3 is 0 Å². The molecule has 1 unspecified atom stereocenters. The number of nitrogens with zero attached hydrogens (tertiary/aromatic N) is 4. The van der Waals surface area contributed by atoms with Crippen LogP contribution in [0.4, 0.5) is 21.7 Å². The van der Waals surface area contributed by atoms with Crippen LogP contribution in [0.25, 0.3) is 5.65 Å². The second-order valence-electron chi connectivity index (χ2n) is 9.29. The lowest BCUT2D eigenvalue weighted by molar-refractivity contribution is 0.172. The molecule has 9 nitrogen and oxygen atoms in total. The molecule has 3 heterocycles. The van der Waals surface area contributed by atoms with Crippen molar-refractivity contribution in [1.29, 1.82) is 0 Å². The van der Waals surface area contributed by atoms with Gasteiger partial charge in [0.1, 0.15) is 30.7 Å². The van der Waals surface area contributed by atoms with E-state index in [0.29, 0.717) is 54.3 Å². The summed E-state index contributed by atoms with van der Waals surface area (Å²) in [4.78, 5) is 6.96. The average molecular weight is 522 g/mol. The average Bonchev–Trinajstić information content (AvgIpc) is 3.36. The van der Waals surface area contributed by atoms with Gasteiger partial charge in [0.25, 0.3) is 0 Å². The molecule has 38 heavy (non-hydrogen) atoms. The number of anilines is 3. The number of benzene rings is 2. The van der Waals surface area contributed by atoms with Crippen LogP contribution in [0, 0.1) is 5.82 Å². The molecule has 1 aliphatic heterocycles. The van der Waals surface area contributed by atoms with Gasteiger partial charge in [0.15, 0.2) is 28.6 Å². The topological polar surface area (TPSA) is 82.4 Å². The zero-order valence-corrected chi connectivity index (χ0v) is 22.2. The summed E-state index contributed by atoms with van der Waals surface area (Å²) < 4.78 is 38.5. The second kappa shape index (κ2) is 10.6. The number of halogens is 1. The van der Waals surface area contributed by atoms with Crippen LogP contribution in [-0.2, 0) is 6.54 Å². The van der Waals surface area contributed by atoms with Crippen molar-refractivity contribution < 1.29 is 23.3 Å². The third kappa shape index (κ3) is 4.85. The Labute approximate surface area is 221 Å². The number of fused-ring (bicyclic) bond motifs is 2. The number of ether oxygens (including phenoxy) is 4. The van der Waals surface area contributed by atoms with E-state index in [1.807, 2.05) is 42.0 Å². The first-order chi connectivity index (χ1) is 18.4. The molecule has 0 bridgehead atoms. The van der Waals surface area contributed by atoms with Crippen LogP contribution in [0.1, 0.15) is 37.3 Å². The molecule has 200 valence electrons. The SMILES string of the molecule is CCC(C)c1cnn2c(N(C)Cc3ccc(OC)c(OC)c3)cc(Nc3cc(F)cc4c3OCCO4)nc12. The molecular formula is C28H32FN5O4. The molecule has 0 fully saturated rings. The van der Waals surface area contributed by atoms with Crippen molar-refractivity contribution in [2.45, 2.75) is 32.7 Å². The standard InChI is InChI=1S/C28H32FN5O4/c1-6-17(2)20-15-30-34-26(33(3)16-18-7-8-22(35-4)23(11-18)36-5)14-25(32-28(20)34)31-21-12-19(29)13-24-27(21)38-10-9-37-24/h7-8,11-15,17H,6,9-10,16H2,1-5H3,(H,31,32). The number of hydrogen-bond acceptors (Lipinski definition) is 8. The summed E-state index contributed by atoms with van der Waals surface area (Å²) in [6, 6.07) is 10.5. The van der Waals surface area contributed by atoms with Crippen LogP contribution >= 0.6 is 0 Å². The quantitative estimate of drug-likeness (QED) is 0.307. The van der Waals surface area contributed by atoms with Gasteiger partial charge in [-0.25, -0.2) is 9.37 Å². The van der Waals surface area contributed by atoms with Crippen LogP contribution in [0.5, 0.6) is 23.0 Å². The lowest BCUT2D eigenvalue weighted by atomic mass is 10.0. The van der Waals surface area contributed by atoms with Crippen molar-refractivity contribution in [3.63, 3.8) is 0 Å². The van der Waals surface area contributed by atoms with E-state index < -0.39 is 5.82 Å². The van der Waals surface area contributed by atoms with Crippen LogP contribution < -0.4 is 29.2 Å². The smallest absolute Gasteiger partial charge is 0.185 e. The van der Waals surface area contributed by atoms with Gasteiger partial charge in [-0.2, -0.15) is 9.61 Å². The highest BCUT2D eigenvalue weighted by molar-refractivity contribution is 5.72. The minimum absolute atomic E-state index is 0.262. The van der Waals surface area contributed by atoms with Crippen LogP contribution in [0.15, 0.2) is 42.6 Å². The normalized spacial score (nSPS) is 13.3. The Kier molecular flexibility index (Phi) is 7.13. The minimum Gasteiger partial charge on any atom is -0.493 e. The van der Waals surface area contributed by atoms with Gasteiger partial charge in [0.05, 0.1) is 26.1 Å². The van der Waals surface area contributed by atoms with Gasteiger partial charge < -0.3 is 29.2 Å². The summed E-state index contributed by atoms with van der Waals surface area (Å²) >= 11 is 0. The summed E-state index contributed by atoms with van der Waals surface area (Å²) in [5, 5.41) is 7.95. The molecule has 2 aromatic heterocycles. The van der Waals surface area contributed by atoms with Gasteiger partial charge in [0.2, 0.25) is 0 Å². The maximum atomic E-state index is 14.4. The highest BCUT2D eigenvalue weighted by Crippen LogP contribution is 2.40. The van der Waals surface area contributed by atoms with E-state index in [9.17, 15) is 4.39 Å². The number of nitrogens with one attached hydrogen (secondary N) is 1. The van der Waals surface area contributed by atoms with E-state index in [1.165, 1.54) is 12.1 Å². The molecule has 0 spiro atoms. The van der Waals surface area contributed by atoms with Gasteiger partial charge in [-0.1, -0.05) is 19.9 Å². The summed E-state index contributed by atoms with van der Waals surface area (Å²) in [7, 11) is 5.22. The third-order valence-electron chi connectivity index (χ3n) is 6.75. The predicted molar refractivity (Wildman–Crippen MR) is 144 cm³/mol. The Balaban J connectivity index is 1.56. The summed E-state index contributed by atoms with van der Waals surface area (Å²) in [6.45, 7) is 5.62. The van der Waals surface area contributed by atoms with E-state index in [0.717, 1.165) is 29.0 Å². The zero-order chi connectivity index (χ0) is 26.8. The maximum Gasteiger partial charge on any atom is 0.185 e. The van der Waals surface area contributed by atoms with Crippen molar-refractivity contribution in [1.82, 2.24) is 14.6 Å². The Morgan fingerprint density at radius 1 is 1.11 bits per heavy atom. The van der Waals surface area contributed by atoms with E-state index >= 15 is 0 Å². The van der Waals surface area contributed by atoms with E-state index in [-0.39, 0.29) is 5.92 Å². The van der Waals surface area contributed by atoms with Gasteiger partial charge in [-0.05, 0) is 30.0 Å². The summed E-state index contributed by atoms with van der Waals surface area (Å²) in [6.07, 6.45) is 2.81. The molecule has 10 heteroatoms. The highest BCUT2D eigenvalue weighted by atomic mass is 19.1. The molecule has 0 radical (unpaired) electrons. The Morgan fingerprint density at radius 2 is 1.89 bits per heavy atom. The molecule has 0 amide bonds. The first-order valence-corrected chi connectivity index (χ1v) is 12.6. The Bertz CT molecular complexity index is 1460. The molecule has 4 aromatic rings. The predicted octanol–water partition coefficient (Wildman–Crippen LogP) is 5.55. The molecule has 2 aromatic carbocycles. The third-order valence-corrected chi connectivity index (χ3v) is 6.75. The monoisotopic (exact) mass is 521 g/mol. The van der Waals surface area contributed by atoms with Crippen LogP contribution in [-0.4, -0.2) is 49.1 Å². The van der Waals surface area contributed by atoms with Crippen LogP contribution in [0.2, 0.25) is 0 Å². The van der Waals surface area contributed by atoms with E-state index in [4.69, 9.17) is 23.9 Å². The molecule has 0 saturated carbocycles. The minimum atomic E-state index is -0.423. The summed E-state index contributed by atoms with van der Waals surface area (Å²) in [5.74, 6) is 3.36. The van der Waals surface area contributed by atoms with E-state index in [1.54, 1.807) is 14.2 Å². The molecule has 0 aliphatic carbocycles. The molecular weight excluding hydrogens is 489 g/mol. The fourth-order valence-electron chi connectivity index (χ4n) is 4.55. The van der Waals surface area contributed by atoms with Gasteiger partial charge in [-0.3, -0.25) is 0 Å². The van der Waals surface area contributed by atoms with Crippen molar-refractivity contribution in [3.05, 3.63) is 59.5 Å². The lowest BCUT2D eigenvalue weighted by Gasteiger charge is -2.23.